The smallest absolute Gasteiger partial charge is 0.330 e. The number of carboxylic acid groups (broad SMARTS) is 1. The lowest BCUT2D eigenvalue weighted by Gasteiger charge is -2.37. The number of ketones is 1. The minimum atomic E-state index is -1.83. The van der Waals surface area contributed by atoms with Crippen molar-refractivity contribution in [2.24, 2.45) is 5.92 Å². The summed E-state index contributed by atoms with van der Waals surface area (Å²) in [5, 5.41) is 13.7. The van der Waals surface area contributed by atoms with Crippen LogP contribution in [0.25, 0.3) is 0 Å². The molecule has 1 aliphatic rings. The highest BCUT2D eigenvalue weighted by molar-refractivity contribution is 7.98. The van der Waals surface area contributed by atoms with Gasteiger partial charge in [0.2, 0.25) is 0 Å². The average molecular weight is 583 g/mol. The third-order valence-corrected chi connectivity index (χ3v) is 8.79. The van der Waals surface area contributed by atoms with Crippen molar-refractivity contribution in [1.82, 2.24) is 4.90 Å². The Balaban J connectivity index is 1.75. The molecule has 5 rings (SSSR count). The van der Waals surface area contributed by atoms with Crippen LogP contribution >= 0.6 is 11.8 Å². The van der Waals surface area contributed by atoms with E-state index in [1.54, 1.807) is 48.2 Å². The molecular weight excluding hydrogens is 551 g/mol. The second-order valence-corrected chi connectivity index (χ2v) is 11.5. The number of nitrogens with zero attached hydrogens (tertiary/aromatic N) is 1. The molecule has 0 bridgehead atoms. The molecular formula is C34H31FN2O4S. The van der Waals surface area contributed by atoms with Crippen LogP contribution in [-0.2, 0) is 4.79 Å². The summed E-state index contributed by atoms with van der Waals surface area (Å²) < 4.78 is 13.6. The quantitative estimate of drug-likeness (QED) is 0.173. The Morgan fingerprint density at radius 2 is 1.52 bits per heavy atom. The number of aryl methyl sites for hydroxylation is 1. The Hall–Kier alpha value is -4.43. The summed E-state index contributed by atoms with van der Waals surface area (Å²) in [7, 11) is 0. The molecule has 214 valence electrons. The first-order valence-corrected chi connectivity index (χ1v) is 14.8. The van der Waals surface area contributed by atoms with Crippen molar-refractivity contribution in [2.45, 2.75) is 36.2 Å². The number of aliphatic carboxylic acids is 1. The number of urea groups is 1. The van der Waals surface area contributed by atoms with Gasteiger partial charge in [-0.15, -0.1) is 11.8 Å². The zero-order valence-corrected chi connectivity index (χ0v) is 24.3. The van der Waals surface area contributed by atoms with Crippen molar-refractivity contribution in [2.75, 3.05) is 11.6 Å². The van der Waals surface area contributed by atoms with Crippen molar-refractivity contribution in [3.05, 3.63) is 131 Å². The van der Waals surface area contributed by atoms with Crippen LogP contribution in [0, 0.1) is 18.7 Å². The number of nitrogens with one attached hydrogen (secondary N) is 1. The summed E-state index contributed by atoms with van der Waals surface area (Å²) in [4.78, 5) is 44.4. The average Bonchev–Trinajstić information content (AvgIpc) is 3.29. The number of hydrogen-bond acceptors (Lipinski definition) is 4. The number of carbonyl (C=O) groups excluding carboxylic acids is 2. The molecule has 1 fully saturated rings. The molecule has 4 aromatic rings. The summed E-state index contributed by atoms with van der Waals surface area (Å²) in [6.45, 7) is 3.41. The number of likely N-dealkylation sites (tertiary alicyclic amines) is 1. The molecule has 42 heavy (non-hydrogen) atoms. The Labute approximate surface area is 248 Å². The number of Topliss-reactive ketones (excluding diaryl/α,β-unsaturated/α-hetero) is 1. The first kappa shape index (κ1) is 29.1. The zero-order chi connectivity index (χ0) is 30.0. The predicted molar refractivity (Wildman–Crippen MR) is 162 cm³/mol. The van der Waals surface area contributed by atoms with Crippen LogP contribution in [0.15, 0.2) is 108 Å². The van der Waals surface area contributed by atoms with Gasteiger partial charge in [-0.3, -0.25) is 9.69 Å². The van der Waals surface area contributed by atoms with Gasteiger partial charge in [-0.1, -0.05) is 72.3 Å². The minimum Gasteiger partial charge on any atom is -0.479 e. The topological polar surface area (TPSA) is 86.7 Å². The summed E-state index contributed by atoms with van der Waals surface area (Å²) in [6.07, 6.45) is 1.95. The van der Waals surface area contributed by atoms with Crippen molar-refractivity contribution in [3.8, 4) is 0 Å². The lowest BCUT2D eigenvalue weighted by atomic mass is 9.71. The lowest BCUT2D eigenvalue weighted by Crippen LogP contribution is -2.55. The SMILES string of the molecule is CSc1ccc(C(=O)C2C(c3cccc(C)c3)N(C(=O)Nc3ccc(F)cc3)C(C)(C(=O)O)C2c2ccccc2)cc1. The minimum absolute atomic E-state index is 0.257. The maximum Gasteiger partial charge on any atom is 0.330 e. The number of benzene rings is 4. The highest BCUT2D eigenvalue weighted by atomic mass is 32.2. The third kappa shape index (κ3) is 5.30. The van der Waals surface area contributed by atoms with Crippen LogP contribution in [0.1, 0.15) is 45.9 Å². The lowest BCUT2D eigenvalue weighted by molar-refractivity contribution is -0.148. The van der Waals surface area contributed by atoms with Gasteiger partial charge in [-0.2, -0.15) is 0 Å². The number of thioether (sulfide) groups is 1. The molecule has 4 atom stereocenters. The van der Waals surface area contributed by atoms with Gasteiger partial charge in [0.15, 0.2) is 5.78 Å². The molecule has 1 aliphatic heterocycles. The molecule has 0 radical (unpaired) electrons. The molecule has 4 unspecified atom stereocenters. The highest BCUT2D eigenvalue weighted by Gasteiger charge is 2.65. The number of carboxylic acids is 1. The van der Waals surface area contributed by atoms with Gasteiger partial charge in [0.1, 0.15) is 11.4 Å². The Kier molecular flexibility index (Phi) is 8.18. The Morgan fingerprint density at radius 3 is 2.12 bits per heavy atom. The van der Waals surface area contributed by atoms with E-state index >= 15 is 0 Å². The molecule has 0 spiro atoms. The molecule has 6 nitrogen and oxygen atoms in total. The normalized spacial score (nSPS) is 21.6. The van der Waals surface area contributed by atoms with Gasteiger partial charge < -0.3 is 10.4 Å². The number of halogens is 1. The van der Waals surface area contributed by atoms with Crippen molar-refractivity contribution in [3.63, 3.8) is 0 Å². The molecule has 8 heteroatoms. The van der Waals surface area contributed by atoms with E-state index in [0.717, 1.165) is 10.5 Å². The van der Waals surface area contributed by atoms with Crippen LogP contribution in [0.2, 0.25) is 0 Å². The van der Waals surface area contributed by atoms with E-state index in [0.29, 0.717) is 22.4 Å². The maximum absolute atomic E-state index is 14.6. The van der Waals surface area contributed by atoms with E-state index in [4.69, 9.17) is 0 Å². The summed E-state index contributed by atoms with van der Waals surface area (Å²) >= 11 is 1.55. The monoisotopic (exact) mass is 582 g/mol. The molecule has 2 N–H and O–H groups in total. The summed E-state index contributed by atoms with van der Waals surface area (Å²) in [6, 6.07) is 27.3. The van der Waals surface area contributed by atoms with E-state index in [9.17, 15) is 23.9 Å². The van der Waals surface area contributed by atoms with Crippen LogP contribution < -0.4 is 5.32 Å². The second kappa shape index (κ2) is 11.8. The van der Waals surface area contributed by atoms with Gasteiger partial charge in [0.05, 0.1) is 12.0 Å². The zero-order valence-electron chi connectivity index (χ0n) is 23.5. The predicted octanol–water partition coefficient (Wildman–Crippen LogP) is 7.57. The molecule has 1 saturated heterocycles. The van der Waals surface area contributed by atoms with Crippen molar-refractivity contribution >= 4 is 35.2 Å². The first-order valence-electron chi connectivity index (χ1n) is 13.5. The molecule has 2 amide bonds. The van der Waals surface area contributed by atoms with E-state index in [1.807, 2.05) is 55.6 Å². The number of anilines is 1. The van der Waals surface area contributed by atoms with Crippen LogP contribution in [0.3, 0.4) is 0 Å². The fraction of sp³-hybridized carbons (Fsp3) is 0.206. The second-order valence-electron chi connectivity index (χ2n) is 10.6. The molecule has 1 heterocycles. The summed E-state index contributed by atoms with van der Waals surface area (Å²) in [5.74, 6) is -3.80. The summed E-state index contributed by atoms with van der Waals surface area (Å²) in [5.41, 5.74) is 1.09. The number of rotatable bonds is 7. The Morgan fingerprint density at radius 1 is 0.881 bits per heavy atom. The largest absolute Gasteiger partial charge is 0.479 e. The maximum atomic E-state index is 14.6. The molecule has 0 aliphatic carbocycles. The van der Waals surface area contributed by atoms with Gasteiger partial charge in [-0.05, 0) is 67.6 Å². The number of amides is 2. The van der Waals surface area contributed by atoms with Crippen LogP contribution in [0.4, 0.5) is 14.9 Å². The van der Waals surface area contributed by atoms with Crippen LogP contribution in [-0.4, -0.2) is 39.6 Å². The fourth-order valence-electron chi connectivity index (χ4n) is 6.07. The number of hydrogen-bond donors (Lipinski definition) is 2. The molecule has 0 saturated carbocycles. The standard InChI is InChI=1S/C34H31FN2O4S/c1-21-8-7-11-24(20-21)30-28(31(38)23-12-18-27(42-3)19-13-23)29(22-9-5-4-6-10-22)34(2,32(39)40)37(30)33(41)36-26-16-14-25(35)15-17-26/h4-20,28-30H,1-3H3,(H,36,41)(H,39,40). The van der Waals surface area contributed by atoms with Gasteiger partial charge >= 0.3 is 12.0 Å². The molecule has 0 aromatic heterocycles. The Bertz CT molecular complexity index is 1610. The van der Waals surface area contributed by atoms with Gasteiger partial charge in [0, 0.05) is 22.1 Å². The van der Waals surface area contributed by atoms with E-state index < -0.39 is 41.2 Å². The fourth-order valence-corrected chi connectivity index (χ4v) is 6.48. The van der Waals surface area contributed by atoms with Gasteiger partial charge in [-0.25, -0.2) is 14.0 Å². The van der Waals surface area contributed by atoms with E-state index in [-0.39, 0.29) is 5.78 Å². The van der Waals surface area contributed by atoms with Gasteiger partial charge in [0.25, 0.3) is 0 Å². The van der Waals surface area contributed by atoms with E-state index in [2.05, 4.69) is 5.32 Å². The van der Waals surface area contributed by atoms with Crippen molar-refractivity contribution < 1.29 is 23.9 Å². The number of carbonyl (C=O) groups is 3. The highest BCUT2D eigenvalue weighted by Crippen LogP contribution is 2.56. The van der Waals surface area contributed by atoms with Crippen molar-refractivity contribution in [1.29, 1.82) is 0 Å². The van der Waals surface area contributed by atoms with E-state index in [1.165, 1.54) is 36.1 Å². The first-order chi connectivity index (χ1) is 20.1. The van der Waals surface area contributed by atoms with Crippen LogP contribution in [0.5, 0.6) is 0 Å². The molecule has 4 aromatic carbocycles. The third-order valence-electron chi connectivity index (χ3n) is 8.05.